The molecule has 188 valence electrons. The molecule has 2 saturated heterocycles. The summed E-state index contributed by atoms with van der Waals surface area (Å²) in [5, 5.41) is 14.5. The van der Waals surface area contributed by atoms with Gasteiger partial charge >= 0.3 is 0 Å². The van der Waals surface area contributed by atoms with Crippen molar-refractivity contribution in [2.45, 2.75) is 44.0 Å². The number of rotatable bonds is 9. The van der Waals surface area contributed by atoms with E-state index < -0.39 is 0 Å². The van der Waals surface area contributed by atoms with Crippen LogP contribution in [0.1, 0.15) is 42.7 Å². The molecule has 2 N–H and O–H groups in total. The monoisotopic (exact) mass is 497 g/mol. The molecule has 2 unspecified atom stereocenters. The molecule has 3 heterocycles. The zero-order valence-corrected chi connectivity index (χ0v) is 21.1. The van der Waals surface area contributed by atoms with Crippen molar-refractivity contribution in [3.05, 3.63) is 59.9 Å². The van der Waals surface area contributed by atoms with E-state index >= 15 is 0 Å². The van der Waals surface area contributed by atoms with Crippen LogP contribution in [0.3, 0.4) is 0 Å². The van der Waals surface area contributed by atoms with Gasteiger partial charge in [0.25, 0.3) is 5.91 Å². The molecule has 0 radical (unpaired) electrons. The maximum absolute atomic E-state index is 13.0. The number of aryl methyl sites for hydroxylation is 1. The number of carbonyl (C=O) groups excluding carboxylic acids is 2. The quantitative estimate of drug-likeness (QED) is 0.407. The molecule has 2 fully saturated rings. The summed E-state index contributed by atoms with van der Waals surface area (Å²) >= 11 is 1.77. The molecule has 2 aliphatic rings. The first-order valence-electron chi connectivity index (χ1n) is 12.4. The lowest BCUT2D eigenvalue weighted by molar-refractivity contribution is -0.134. The second-order valence-corrected chi connectivity index (χ2v) is 10.3. The molecule has 35 heavy (non-hydrogen) atoms. The Bertz CT molecular complexity index is 984. The largest absolute Gasteiger partial charge is 0.339 e. The number of hydrogen-bond donors (Lipinski definition) is 2. The number of hydrogen-bond acceptors (Lipinski definition) is 7. The van der Waals surface area contributed by atoms with E-state index in [1.54, 1.807) is 24.0 Å². The number of nitrogens with one attached hydrogen (secondary N) is 1. The molecule has 8 nitrogen and oxygen atoms in total. The van der Waals surface area contributed by atoms with Crippen LogP contribution in [0.5, 0.6) is 0 Å². The molecule has 2 atom stereocenters. The molecule has 2 aliphatic heterocycles. The van der Waals surface area contributed by atoms with Crippen molar-refractivity contribution in [3.63, 3.8) is 0 Å². The van der Waals surface area contributed by atoms with Crippen molar-refractivity contribution in [3.8, 4) is 0 Å². The van der Waals surface area contributed by atoms with E-state index in [1.165, 1.54) is 0 Å². The van der Waals surface area contributed by atoms with Crippen LogP contribution < -0.4 is 10.4 Å². The minimum Gasteiger partial charge on any atom is -0.339 e. The molecule has 9 heteroatoms. The summed E-state index contributed by atoms with van der Waals surface area (Å²) in [5.74, 6) is 0.704. The summed E-state index contributed by atoms with van der Waals surface area (Å²) in [6, 6.07) is 11.4. The van der Waals surface area contributed by atoms with Gasteiger partial charge in [0, 0.05) is 50.7 Å². The van der Waals surface area contributed by atoms with E-state index in [0.29, 0.717) is 18.5 Å². The number of anilines is 1. The van der Waals surface area contributed by atoms with E-state index in [2.05, 4.69) is 15.2 Å². The first-order valence-corrected chi connectivity index (χ1v) is 13.5. The number of aromatic nitrogens is 1. The second-order valence-electron chi connectivity index (χ2n) is 9.11. The van der Waals surface area contributed by atoms with Gasteiger partial charge in [0.1, 0.15) is 0 Å². The van der Waals surface area contributed by atoms with Crippen molar-refractivity contribution >= 4 is 29.3 Å². The summed E-state index contributed by atoms with van der Waals surface area (Å²) in [4.78, 5) is 33.6. The zero-order chi connectivity index (χ0) is 24.6. The summed E-state index contributed by atoms with van der Waals surface area (Å²) in [6.07, 6.45) is 6.52. The first-order chi connectivity index (χ1) is 17.0. The summed E-state index contributed by atoms with van der Waals surface area (Å²) in [7, 11) is 0. The van der Waals surface area contributed by atoms with Gasteiger partial charge < -0.3 is 4.90 Å². The number of carbonyl (C=O) groups is 2. The highest BCUT2D eigenvalue weighted by atomic mass is 32.2. The molecule has 2 amide bonds. The van der Waals surface area contributed by atoms with E-state index in [4.69, 9.17) is 0 Å². The Morgan fingerprint density at radius 3 is 2.77 bits per heavy atom. The lowest BCUT2D eigenvalue weighted by atomic mass is 10.1. The van der Waals surface area contributed by atoms with Gasteiger partial charge in [-0.3, -0.25) is 30.0 Å². The van der Waals surface area contributed by atoms with Crippen molar-refractivity contribution in [1.82, 2.24) is 20.1 Å². The van der Waals surface area contributed by atoms with Gasteiger partial charge in [0.05, 0.1) is 17.1 Å². The zero-order valence-electron chi connectivity index (χ0n) is 20.3. The average Bonchev–Trinajstić information content (AvgIpc) is 3.39. The third kappa shape index (κ3) is 6.82. The third-order valence-corrected chi connectivity index (χ3v) is 7.81. The summed E-state index contributed by atoms with van der Waals surface area (Å²) < 4.78 is 0. The van der Waals surface area contributed by atoms with Gasteiger partial charge in [-0.05, 0) is 55.1 Å². The Morgan fingerprint density at radius 2 is 2.03 bits per heavy atom. The van der Waals surface area contributed by atoms with Gasteiger partial charge in [0.15, 0.2) is 0 Å². The lowest BCUT2D eigenvalue weighted by Gasteiger charge is -2.36. The van der Waals surface area contributed by atoms with Gasteiger partial charge in [-0.2, -0.15) is 5.06 Å². The maximum Gasteiger partial charge on any atom is 0.250 e. The van der Waals surface area contributed by atoms with Crippen LogP contribution in [-0.4, -0.2) is 76.3 Å². The topological polar surface area (TPSA) is 89.0 Å². The molecule has 0 aliphatic carbocycles. The Kier molecular flexibility index (Phi) is 9.14. The van der Waals surface area contributed by atoms with E-state index in [9.17, 15) is 14.8 Å². The van der Waals surface area contributed by atoms with Crippen LogP contribution >= 0.6 is 11.8 Å². The minimum absolute atomic E-state index is 0.125. The Labute approximate surface area is 211 Å². The fraction of sp³-hybridized carbons (Fsp3) is 0.500. The van der Waals surface area contributed by atoms with Crippen LogP contribution in [0.2, 0.25) is 0 Å². The van der Waals surface area contributed by atoms with Gasteiger partial charge in [-0.15, -0.1) is 11.8 Å². The van der Waals surface area contributed by atoms with E-state index in [0.717, 1.165) is 67.5 Å². The highest BCUT2D eigenvalue weighted by molar-refractivity contribution is 7.99. The number of pyridine rings is 1. The van der Waals surface area contributed by atoms with Crippen LogP contribution in [0.15, 0.2) is 48.8 Å². The molecule has 0 saturated carbocycles. The van der Waals surface area contributed by atoms with E-state index in [-0.39, 0.29) is 23.2 Å². The highest BCUT2D eigenvalue weighted by Crippen LogP contribution is 2.32. The SMILES string of the molecule is CCCC(=O)N(O)c1cccc(CCCN2CCN(C(=O)C3CSC(c4cccnc4)N3)CC2)c1. The number of nitrogens with zero attached hydrogens (tertiary/aromatic N) is 4. The summed E-state index contributed by atoms with van der Waals surface area (Å²) in [6.45, 7) is 6.16. The molecule has 4 rings (SSSR count). The van der Waals surface area contributed by atoms with Crippen molar-refractivity contribution in [2.24, 2.45) is 0 Å². The van der Waals surface area contributed by atoms with Crippen LogP contribution in [-0.2, 0) is 16.0 Å². The number of piperazine rings is 1. The van der Waals surface area contributed by atoms with Crippen LogP contribution in [0.4, 0.5) is 5.69 Å². The molecule has 0 spiro atoms. The van der Waals surface area contributed by atoms with Crippen molar-refractivity contribution in [2.75, 3.05) is 43.5 Å². The minimum atomic E-state index is -0.281. The number of amides is 2. The summed E-state index contributed by atoms with van der Waals surface area (Å²) in [5.41, 5.74) is 2.74. The maximum atomic E-state index is 13.0. The normalized spacial score (nSPS) is 20.7. The van der Waals surface area contributed by atoms with Gasteiger partial charge in [-0.1, -0.05) is 25.1 Å². The number of hydroxylamine groups is 1. The fourth-order valence-corrected chi connectivity index (χ4v) is 5.78. The van der Waals surface area contributed by atoms with Gasteiger partial charge in [0.2, 0.25) is 5.91 Å². The molecule has 0 bridgehead atoms. The molecular weight excluding hydrogens is 462 g/mol. The first kappa shape index (κ1) is 25.6. The number of thioether (sulfide) groups is 1. The molecule has 2 aromatic rings. The molecule has 1 aromatic carbocycles. The Hall–Kier alpha value is -2.46. The second kappa shape index (κ2) is 12.5. The van der Waals surface area contributed by atoms with E-state index in [1.807, 2.05) is 48.4 Å². The predicted molar refractivity (Wildman–Crippen MR) is 138 cm³/mol. The molecular formula is C26H35N5O3S. The smallest absolute Gasteiger partial charge is 0.250 e. The van der Waals surface area contributed by atoms with Crippen molar-refractivity contribution in [1.29, 1.82) is 0 Å². The predicted octanol–water partition coefficient (Wildman–Crippen LogP) is 3.08. The average molecular weight is 498 g/mol. The Balaban J connectivity index is 1.18. The fourth-order valence-electron chi connectivity index (χ4n) is 4.56. The lowest BCUT2D eigenvalue weighted by Crippen LogP contribution is -2.53. The highest BCUT2D eigenvalue weighted by Gasteiger charge is 2.34. The van der Waals surface area contributed by atoms with Crippen molar-refractivity contribution < 1.29 is 14.8 Å². The molecule has 1 aromatic heterocycles. The third-order valence-electron chi connectivity index (χ3n) is 6.55. The Morgan fingerprint density at radius 1 is 1.20 bits per heavy atom. The van der Waals surface area contributed by atoms with Crippen LogP contribution in [0, 0.1) is 0 Å². The van der Waals surface area contributed by atoms with Gasteiger partial charge in [-0.25, -0.2) is 0 Å². The standard InChI is InChI=1S/C26H35N5O3S/c1-2-6-24(32)31(34)22-10-3-7-20(17-22)8-5-12-29-13-15-30(16-14-29)26(33)23-19-35-25(28-23)21-9-4-11-27-18-21/h3-4,7,9-11,17-18,23,25,28,34H,2,5-6,8,12-16,19H2,1H3. The number of benzene rings is 1. The van der Waals surface area contributed by atoms with Crippen LogP contribution in [0.25, 0.3) is 0 Å².